The Labute approximate surface area is 121 Å². The molecule has 0 saturated carbocycles. The minimum Gasteiger partial charge on any atom is -0.385 e. The molecule has 0 aliphatic carbocycles. The minimum atomic E-state index is 0.278. The lowest BCUT2D eigenvalue weighted by Crippen LogP contribution is -2.31. The molecule has 1 unspecified atom stereocenters. The summed E-state index contributed by atoms with van der Waals surface area (Å²) in [6.45, 7) is 5.88. The fourth-order valence-corrected chi connectivity index (χ4v) is 2.34. The Balaban J connectivity index is 2.44. The normalized spacial score (nSPS) is 13.1. The summed E-state index contributed by atoms with van der Waals surface area (Å²) in [5.41, 5.74) is 1.07. The summed E-state index contributed by atoms with van der Waals surface area (Å²) in [4.78, 5) is 0. The quantitative estimate of drug-likeness (QED) is 0.673. The van der Waals surface area contributed by atoms with E-state index in [1.807, 2.05) is 0 Å². The average molecular weight is 288 g/mol. The molecule has 1 heterocycles. The standard InChI is InChI=1S/C14H26ClN3O/c1-4-14(5-2)18-8-6-13(17-18)11-16-12(10-15)7-9-19-3/h6,8,12,14,16H,4-5,7,9-11H2,1-3H3. The van der Waals surface area contributed by atoms with Crippen LogP contribution in [0.5, 0.6) is 0 Å². The largest absolute Gasteiger partial charge is 0.385 e. The summed E-state index contributed by atoms with van der Waals surface area (Å²) < 4.78 is 7.14. The molecule has 110 valence electrons. The van der Waals surface area contributed by atoms with E-state index in [1.54, 1.807) is 7.11 Å². The Bertz CT molecular complexity index is 339. The summed E-state index contributed by atoms with van der Waals surface area (Å²) in [5, 5.41) is 8.04. The van der Waals surface area contributed by atoms with Crippen LogP contribution in [0.3, 0.4) is 0 Å². The van der Waals surface area contributed by atoms with Gasteiger partial charge in [-0.05, 0) is 25.3 Å². The van der Waals surface area contributed by atoms with Crippen molar-refractivity contribution in [3.05, 3.63) is 18.0 Å². The molecule has 1 N–H and O–H groups in total. The van der Waals surface area contributed by atoms with E-state index >= 15 is 0 Å². The Morgan fingerprint density at radius 1 is 1.42 bits per heavy atom. The highest BCUT2D eigenvalue weighted by Crippen LogP contribution is 2.14. The predicted molar refractivity (Wildman–Crippen MR) is 79.7 cm³/mol. The Morgan fingerprint density at radius 2 is 2.16 bits per heavy atom. The van der Waals surface area contributed by atoms with Gasteiger partial charge in [-0.25, -0.2) is 0 Å². The molecule has 0 aromatic carbocycles. The van der Waals surface area contributed by atoms with E-state index in [1.165, 1.54) is 0 Å². The molecule has 4 nitrogen and oxygen atoms in total. The second-order valence-corrected chi connectivity index (χ2v) is 5.08. The van der Waals surface area contributed by atoms with Crippen molar-refractivity contribution in [1.29, 1.82) is 0 Å². The first-order chi connectivity index (χ1) is 9.24. The van der Waals surface area contributed by atoms with Crippen molar-refractivity contribution in [2.75, 3.05) is 19.6 Å². The molecule has 0 amide bonds. The topological polar surface area (TPSA) is 39.1 Å². The molecule has 0 bridgehead atoms. The van der Waals surface area contributed by atoms with Crippen LogP contribution < -0.4 is 5.32 Å². The highest BCUT2D eigenvalue weighted by Gasteiger charge is 2.10. The van der Waals surface area contributed by atoms with E-state index in [0.29, 0.717) is 11.9 Å². The van der Waals surface area contributed by atoms with Crippen LogP contribution in [-0.2, 0) is 11.3 Å². The zero-order valence-electron chi connectivity index (χ0n) is 12.2. The summed E-state index contributed by atoms with van der Waals surface area (Å²) in [6.07, 6.45) is 5.22. The van der Waals surface area contributed by atoms with Crippen molar-refractivity contribution in [2.45, 2.75) is 51.7 Å². The lowest BCUT2D eigenvalue weighted by atomic mass is 10.2. The van der Waals surface area contributed by atoms with Crippen LogP contribution in [0, 0.1) is 0 Å². The van der Waals surface area contributed by atoms with Gasteiger partial charge in [-0.15, -0.1) is 11.6 Å². The van der Waals surface area contributed by atoms with Crippen molar-refractivity contribution < 1.29 is 4.74 Å². The van der Waals surface area contributed by atoms with Gasteiger partial charge < -0.3 is 10.1 Å². The number of alkyl halides is 1. The molecular formula is C14H26ClN3O. The van der Waals surface area contributed by atoms with Gasteiger partial charge in [-0.2, -0.15) is 5.10 Å². The molecule has 0 saturated heterocycles. The van der Waals surface area contributed by atoms with Gasteiger partial charge in [0.1, 0.15) is 0 Å². The number of hydrogen-bond donors (Lipinski definition) is 1. The molecule has 1 aromatic heterocycles. The smallest absolute Gasteiger partial charge is 0.0762 e. The highest BCUT2D eigenvalue weighted by atomic mass is 35.5. The first kappa shape index (κ1) is 16.5. The molecule has 0 radical (unpaired) electrons. The number of ether oxygens (including phenoxy) is 1. The molecule has 1 rings (SSSR count). The lowest BCUT2D eigenvalue weighted by Gasteiger charge is -2.15. The van der Waals surface area contributed by atoms with Crippen LogP contribution in [-0.4, -0.2) is 35.4 Å². The van der Waals surface area contributed by atoms with Gasteiger partial charge in [0.25, 0.3) is 0 Å². The first-order valence-electron chi connectivity index (χ1n) is 7.07. The molecule has 0 spiro atoms. The zero-order valence-corrected chi connectivity index (χ0v) is 13.0. The van der Waals surface area contributed by atoms with E-state index in [4.69, 9.17) is 16.3 Å². The molecule has 1 atom stereocenters. The maximum atomic E-state index is 5.93. The Kier molecular flexibility index (Phi) is 8.10. The summed E-state index contributed by atoms with van der Waals surface area (Å²) in [6, 6.07) is 2.86. The SMILES string of the molecule is CCC(CC)n1ccc(CNC(CCl)CCOC)n1. The molecule has 0 aliphatic heterocycles. The van der Waals surface area contributed by atoms with Gasteiger partial charge in [-0.1, -0.05) is 13.8 Å². The maximum Gasteiger partial charge on any atom is 0.0762 e. The Morgan fingerprint density at radius 3 is 2.74 bits per heavy atom. The monoisotopic (exact) mass is 287 g/mol. The van der Waals surface area contributed by atoms with Gasteiger partial charge in [0.2, 0.25) is 0 Å². The number of methoxy groups -OCH3 is 1. The molecule has 5 heteroatoms. The van der Waals surface area contributed by atoms with Crippen molar-refractivity contribution in [3.8, 4) is 0 Å². The van der Waals surface area contributed by atoms with Crippen LogP contribution in [0.1, 0.15) is 44.8 Å². The van der Waals surface area contributed by atoms with Gasteiger partial charge in [0.05, 0.1) is 11.7 Å². The number of aromatic nitrogens is 2. The second kappa shape index (κ2) is 9.34. The van der Waals surface area contributed by atoms with E-state index in [2.05, 4.69) is 41.2 Å². The second-order valence-electron chi connectivity index (χ2n) is 4.77. The Hall–Kier alpha value is -0.580. The molecule has 0 fully saturated rings. The molecule has 1 aromatic rings. The molecule has 0 aliphatic rings. The lowest BCUT2D eigenvalue weighted by molar-refractivity contribution is 0.185. The minimum absolute atomic E-state index is 0.278. The highest BCUT2D eigenvalue weighted by molar-refractivity contribution is 6.18. The van der Waals surface area contributed by atoms with Crippen LogP contribution in [0.15, 0.2) is 12.3 Å². The maximum absolute atomic E-state index is 5.93. The zero-order chi connectivity index (χ0) is 14.1. The van der Waals surface area contributed by atoms with Crippen LogP contribution >= 0.6 is 11.6 Å². The number of rotatable bonds is 10. The molecule has 19 heavy (non-hydrogen) atoms. The van der Waals surface area contributed by atoms with Gasteiger partial charge in [-0.3, -0.25) is 4.68 Å². The fourth-order valence-electron chi connectivity index (χ4n) is 2.08. The van der Waals surface area contributed by atoms with Crippen molar-refractivity contribution in [1.82, 2.24) is 15.1 Å². The third kappa shape index (κ3) is 5.51. The summed E-state index contributed by atoms with van der Waals surface area (Å²) >= 11 is 5.93. The summed E-state index contributed by atoms with van der Waals surface area (Å²) in [5.74, 6) is 0.594. The van der Waals surface area contributed by atoms with Crippen LogP contribution in [0.2, 0.25) is 0 Å². The van der Waals surface area contributed by atoms with E-state index in [-0.39, 0.29) is 6.04 Å². The third-order valence-electron chi connectivity index (χ3n) is 3.41. The first-order valence-corrected chi connectivity index (χ1v) is 7.60. The fraction of sp³-hybridized carbons (Fsp3) is 0.786. The van der Waals surface area contributed by atoms with Crippen LogP contribution in [0.4, 0.5) is 0 Å². The summed E-state index contributed by atoms with van der Waals surface area (Å²) in [7, 11) is 1.71. The average Bonchev–Trinajstić information content (AvgIpc) is 2.89. The van der Waals surface area contributed by atoms with Crippen molar-refractivity contribution in [3.63, 3.8) is 0 Å². The predicted octanol–water partition coefficient (Wildman–Crippen LogP) is 2.98. The van der Waals surface area contributed by atoms with Gasteiger partial charge >= 0.3 is 0 Å². The van der Waals surface area contributed by atoms with Crippen LogP contribution in [0.25, 0.3) is 0 Å². The van der Waals surface area contributed by atoms with Gasteiger partial charge in [0.15, 0.2) is 0 Å². The number of hydrogen-bond acceptors (Lipinski definition) is 3. The molecular weight excluding hydrogens is 262 g/mol. The number of halogens is 1. The number of nitrogens with zero attached hydrogens (tertiary/aromatic N) is 2. The van der Waals surface area contributed by atoms with E-state index in [0.717, 1.165) is 38.1 Å². The number of nitrogens with one attached hydrogen (secondary N) is 1. The van der Waals surface area contributed by atoms with E-state index < -0.39 is 0 Å². The third-order valence-corrected chi connectivity index (χ3v) is 3.78. The van der Waals surface area contributed by atoms with E-state index in [9.17, 15) is 0 Å². The van der Waals surface area contributed by atoms with Crippen molar-refractivity contribution in [2.24, 2.45) is 0 Å². The van der Waals surface area contributed by atoms with Gasteiger partial charge in [0, 0.05) is 38.4 Å². The van der Waals surface area contributed by atoms with Crippen molar-refractivity contribution >= 4 is 11.6 Å².